The van der Waals surface area contributed by atoms with Crippen molar-refractivity contribution >= 4 is 40.5 Å². The molecule has 0 aliphatic rings. The first kappa shape index (κ1) is 20.7. The van der Waals surface area contributed by atoms with Gasteiger partial charge in [0.25, 0.3) is 17.5 Å². The van der Waals surface area contributed by atoms with Crippen LogP contribution in [0.5, 0.6) is 0 Å². The van der Waals surface area contributed by atoms with Crippen LogP contribution in [0.1, 0.15) is 26.5 Å². The van der Waals surface area contributed by atoms with E-state index in [-0.39, 0.29) is 28.8 Å². The zero-order chi connectivity index (χ0) is 21.5. The van der Waals surface area contributed by atoms with Crippen LogP contribution in [0, 0.1) is 10.1 Å². The lowest BCUT2D eigenvalue weighted by molar-refractivity contribution is -0.384. The van der Waals surface area contributed by atoms with Crippen LogP contribution in [0.15, 0.2) is 71.3 Å². The van der Waals surface area contributed by atoms with E-state index >= 15 is 0 Å². The lowest BCUT2D eigenvalue weighted by atomic mass is 10.2. The van der Waals surface area contributed by atoms with Gasteiger partial charge in [-0.05, 0) is 54.7 Å². The van der Waals surface area contributed by atoms with Crippen molar-refractivity contribution in [2.24, 2.45) is 0 Å². The van der Waals surface area contributed by atoms with E-state index in [1.807, 2.05) is 0 Å². The van der Waals surface area contributed by atoms with Crippen LogP contribution in [0.4, 0.5) is 11.4 Å². The highest BCUT2D eigenvalue weighted by atomic mass is 32.1. The van der Waals surface area contributed by atoms with Gasteiger partial charge in [-0.15, -0.1) is 0 Å². The van der Waals surface area contributed by atoms with Crippen molar-refractivity contribution in [2.45, 2.75) is 6.54 Å². The fourth-order valence-corrected chi connectivity index (χ4v) is 2.70. The molecule has 0 saturated heterocycles. The molecule has 3 N–H and O–H groups in total. The van der Waals surface area contributed by atoms with E-state index in [1.165, 1.54) is 24.5 Å². The number of carbonyl (C=O) groups excluding carboxylic acids is 2. The summed E-state index contributed by atoms with van der Waals surface area (Å²) in [7, 11) is 0. The quantitative estimate of drug-likeness (QED) is 0.315. The Morgan fingerprint density at radius 1 is 1.00 bits per heavy atom. The third-order valence-electron chi connectivity index (χ3n) is 3.95. The number of nitro groups is 1. The number of nitrogens with one attached hydrogen (secondary N) is 3. The van der Waals surface area contributed by atoms with E-state index in [9.17, 15) is 19.7 Å². The maximum atomic E-state index is 12.2. The Hall–Kier alpha value is -4.05. The Morgan fingerprint density at radius 3 is 2.43 bits per heavy atom. The maximum absolute atomic E-state index is 12.2. The molecule has 2 aromatic carbocycles. The van der Waals surface area contributed by atoms with Gasteiger partial charge in [0.15, 0.2) is 5.11 Å². The molecule has 2 amide bonds. The highest BCUT2D eigenvalue weighted by molar-refractivity contribution is 7.80. The molecule has 0 saturated carbocycles. The number of hydrogen-bond acceptors (Lipinski definition) is 6. The lowest BCUT2D eigenvalue weighted by Gasteiger charge is -2.10. The van der Waals surface area contributed by atoms with Crippen molar-refractivity contribution in [2.75, 3.05) is 5.32 Å². The summed E-state index contributed by atoms with van der Waals surface area (Å²) in [6, 6.07) is 15.3. The van der Waals surface area contributed by atoms with E-state index in [1.54, 1.807) is 36.4 Å². The normalized spacial score (nSPS) is 10.1. The standard InChI is InChI=1S/C20H16N4O5S/c25-18(21-12-17-5-2-10-29-17)13-6-8-15(9-7-13)22-20(30)23-19(26)14-3-1-4-16(11-14)24(27)28/h1-11H,12H2,(H,21,25)(H2,22,23,26,30). The molecule has 0 unspecified atom stereocenters. The molecular formula is C20H16N4O5S. The van der Waals surface area contributed by atoms with E-state index in [0.29, 0.717) is 17.0 Å². The first-order chi connectivity index (χ1) is 14.4. The average molecular weight is 424 g/mol. The molecule has 0 radical (unpaired) electrons. The van der Waals surface area contributed by atoms with Gasteiger partial charge in [0, 0.05) is 28.9 Å². The van der Waals surface area contributed by atoms with Crippen LogP contribution >= 0.6 is 12.2 Å². The summed E-state index contributed by atoms with van der Waals surface area (Å²) in [4.78, 5) is 34.6. The number of furan rings is 1. The van der Waals surface area contributed by atoms with Crippen LogP contribution in [0.2, 0.25) is 0 Å². The van der Waals surface area contributed by atoms with Crippen molar-refractivity contribution in [1.82, 2.24) is 10.6 Å². The molecular weight excluding hydrogens is 408 g/mol. The molecule has 3 rings (SSSR count). The number of hydrogen-bond donors (Lipinski definition) is 3. The smallest absolute Gasteiger partial charge is 0.270 e. The molecule has 10 heteroatoms. The van der Waals surface area contributed by atoms with Gasteiger partial charge in [0.1, 0.15) is 5.76 Å². The minimum Gasteiger partial charge on any atom is -0.467 e. The second kappa shape index (κ2) is 9.43. The number of thiocarbonyl (C=S) groups is 1. The number of non-ortho nitro benzene ring substituents is 1. The molecule has 0 bridgehead atoms. The molecule has 30 heavy (non-hydrogen) atoms. The summed E-state index contributed by atoms with van der Waals surface area (Å²) in [6.45, 7) is 0.277. The van der Waals surface area contributed by atoms with Gasteiger partial charge in [-0.1, -0.05) is 6.07 Å². The fourth-order valence-electron chi connectivity index (χ4n) is 2.49. The fraction of sp³-hybridized carbons (Fsp3) is 0.0500. The summed E-state index contributed by atoms with van der Waals surface area (Å²) in [5.41, 5.74) is 0.917. The number of amides is 2. The van der Waals surface area contributed by atoms with Crippen LogP contribution in [0.3, 0.4) is 0 Å². The molecule has 0 fully saturated rings. The van der Waals surface area contributed by atoms with Crippen LogP contribution < -0.4 is 16.0 Å². The Morgan fingerprint density at radius 2 is 1.77 bits per heavy atom. The van der Waals surface area contributed by atoms with Gasteiger partial charge < -0.3 is 15.1 Å². The molecule has 0 spiro atoms. The van der Waals surface area contributed by atoms with E-state index in [4.69, 9.17) is 16.6 Å². The van der Waals surface area contributed by atoms with Gasteiger partial charge >= 0.3 is 0 Å². The maximum Gasteiger partial charge on any atom is 0.270 e. The average Bonchev–Trinajstić information content (AvgIpc) is 3.26. The summed E-state index contributed by atoms with van der Waals surface area (Å²) in [5, 5.41) is 18.8. The van der Waals surface area contributed by atoms with E-state index in [2.05, 4.69) is 16.0 Å². The zero-order valence-electron chi connectivity index (χ0n) is 15.5. The first-order valence-electron chi connectivity index (χ1n) is 8.70. The third-order valence-corrected chi connectivity index (χ3v) is 4.16. The second-order valence-corrected chi connectivity index (χ2v) is 6.46. The van der Waals surface area contributed by atoms with E-state index in [0.717, 1.165) is 6.07 Å². The number of nitrogens with zero attached hydrogens (tertiary/aromatic N) is 1. The number of nitro benzene ring substituents is 1. The van der Waals surface area contributed by atoms with Crippen molar-refractivity contribution < 1.29 is 18.9 Å². The summed E-state index contributed by atoms with van der Waals surface area (Å²) < 4.78 is 5.16. The minimum atomic E-state index is -0.584. The molecule has 9 nitrogen and oxygen atoms in total. The predicted octanol–water partition coefficient (Wildman–Crippen LogP) is 3.24. The monoisotopic (exact) mass is 424 g/mol. The number of benzene rings is 2. The Bertz CT molecular complexity index is 1080. The van der Waals surface area contributed by atoms with Gasteiger partial charge in [-0.3, -0.25) is 25.0 Å². The Labute approximate surface area is 176 Å². The molecule has 0 aliphatic carbocycles. The minimum absolute atomic E-state index is 0.0153. The Balaban J connectivity index is 1.54. The molecule has 1 heterocycles. The third kappa shape index (κ3) is 5.49. The van der Waals surface area contributed by atoms with Gasteiger partial charge in [-0.2, -0.15) is 0 Å². The van der Waals surface area contributed by atoms with Gasteiger partial charge in [-0.25, -0.2) is 0 Å². The largest absolute Gasteiger partial charge is 0.467 e. The number of anilines is 1. The molecule has 3 aromatic rings. The summed E-state index contributed by atoms with van der Waals surface area (Å²) in [6.07, 6.45) is 1.53. The molecule has 0 aliphatic heterocycles. The zero-order valence-corrected chi connectivity index (χ0v) is 16.3. The van der Waals surface area contributed by atoms with Gasteiger partial charge in [0.2, 0.25) is 0 Å². The molecule has 152 valence electrons. The number of rotatable bonds is 6. The molecule has 1 aromatic heterocycles. The SMILES string of the molecule is O=C(NCc1ccco1)c1ccc(NC(=S)NC(=O)c2cccc([N+](=O)[O-])c2)cc1. The summed E-state index contributed by atoms with van der Waals surface area (Å²) in [5.74, 6) is -0.198. The van der Waals surface area contributed by atoms with Crippen LogP contribution in [-0.4, -0.2) is 21.9 Å². The van der Waals surface area contributed by atoms with Crippen molar-refractivity contribution in [3.05, 3.63) is 93.9 Å². The van der Waals surface area contributed by atoms with Crippen LogP contribution in [-0.2, 0) is 6.54 Å². The number of carbonyl (C=O) groups is 2. The van der Waals surface area contributed by atoms with Gasteiger partial charge in [0.05, 0.1) is 17.7 Å². The van der Waals surface area contributed by atoms with E-state index < -0.39 is 10.8 Å². The highest BCUT2D eigenvalue weighted by Crippen LogP contribution is 2.13. The van der Waals surface area contributed by atoms with Crippen LogP contribution in [0.25, 0.3) is 0 Å². The highest BCUT2D eigenvalue weighted by Gasteiger charge is 2.13. The second-order valence-electron chi connectivity index (χ2n) is 6.06. The lowest BCUT2D eigenvalue weighted by Crippen LogP contribution is -2.34. The molecule has 0 atom stereocenters. The topological polar surface area (TPSA) is 127 Å². The van der Waals surface area contributed by atoms with Crippen molar-refractivity contribution in [3.8, 4) is 0 Å². The first-order valence-corrected chi connectivity index (χ1v) is 9.10. The van der Waals surface area contributed by atoms with Crippen molar-refractivity contribution in [3.63, 3.8) is 0 Å². The van der Waals surface area contributed by atoms with Crippen molar-refractivity contribution in [1.29, 1.82) is 0 Å². The predicted molar refractivity (Wildman–Crippen MR) is 113 cm³/mol. The Kier molecular flexibility index (Phi) is 6.50. The summed E-state index contributed by atoms with van der Waals surface area (Å²) >= 11 is 5.10.